The van der Waals surface area contributed by atoms with Crippen molar-refractivity contribution in [3.05, 3.63) is 33.9 Å². The molecular formula is C13H14N2O8S. The number of hydrogen-bond acceptors (Lipinski definition) is 8. The van der Waals surface area contributed by atoms with Crippen LogP contribution in [0.25, 0.3) is 0 Å². The maximum absolute atomic E-state index is 11.9. The number of rotatable bonds is 5. The van der Waals surface area contributed by atoms with Crippen LogP contribution in [-0.4, -0.2) is 66.4 Å². The minimum atomic E-state index is -3.08. The third kappa shape index (κ3) is 4.49. The summed E-state index contributed by atoms with van der Waals surface area (Å²) in [5.41, 5.74) is -0.938. The average Bonchev–Trinajstić information content (AvgIpc) is 2.49. The summed E-state index contributed by atoms with van der Waals surface area (Å²) in [5, 5.41) is 19.8. The predicted molar refractivity (Wildman–Crippen MR) is 80.8 cm³/mol. The summed E-state index contributed by atoms with van der Waals surface area (Å²) in [6.07, 6.45) is 0. The van der Waals surface area contributed by atoms with Crippen molar-refractivity contribution in [3.63, 3.8) is 0 Å². The Kier molecular flexibility index (Phi) is 5.14. The van der Waals surface area contributed by atoms with E-state index in [0.29, 0.717) is 0 Å². The molecule has 130 valence electrons. The smallest absolute Gasteiger partial charge is 0.335 e. The molecule has 1 aromatic carbocycles. The molecule has 0 aliphatic carbocycles. The fraction of sp³-hybridized carbons (Fsp3) is 0.385. The van der Waals surface area contributed by atoms with E-state index in [1.54, 1.807) is 4.90 Å². The topological polar surface area (TPSA) is 144 Å². The summed E-state index contributed by atoms with van der Waals surface area (Å²) in [6.45, 7) is 0.141. The second-order valence-electron chi connectivity index (χ2n) is 5.15. The number of nitro groups is 1. The number of nitro benzene ring substituents is 1. The lowest BCUT2D eigenvalue weighted by Gasteiger charge is -2.25. The Bertz CT molecular complexity index is 775. The van der Waals surface area contributed by atoms with Gasteiger partial charge in [0.2, 0.25) is 5.75 Å². The van der Waals surface area contributed by atoms with Crippen molar-refractivity contribution in [2.45, 2.75) is 0 Å². The van der Waals surface area contributed by atoms with Gasteiger partial charge in [0.05, 0.1) is 28.5 Å². The molecule has 0 amide bonds. The second kappa shape index (κ2) is 6.93. The van der Waals surface area contributed by atoms with E-state index in [-0.39, 0.29) is 42.5 Å². The van der Waals surface area contributed by atoms with Crippen molar-refractivity contribution < 1.29 is 32.8 Å². The van der Waals surface area contributed by atoms with Crippen molar-refractivity contribution in [1.82, 2.24) is 4.90 Å². The van der Waals surface area contributed by atoms with Crippen LogP contribution < -0.4 is 4.74 Å². The number of hydrogen-bond donors (Lipinski definition) is 1. The second-order valence-corrected chi connectivity index (χ2v) is 7.45. The Balaban J connectivity index is 2.06. The lowest BCUT2D eigenvalue weighted by molar-refractivity contribution is -0.385. The Morgan fingerprint density at radius 2 is 1.92 bits per heavy atom. The van der Waals surface area contributed by atoms with Crippen molar-refractivity contribution >= 4 is 27.5 Å². The van der Waals surface area contributed by atoms with Crippen molar-refractivity contribution in [3.8, 4) is 5.75 Å². The van der Waals surface area contributed by atoms with Crippen LogP contribution in [0.4, 0.5) is 5.69 Å². The third-order valence-corrected chi connectivity index (χ3v) is 5.03. The third-order valence-electron chi connectivity index (χ3n) is 3.42. The summed E-state index contributed by atoms with van der Waals surface area (Å²) in [4.78, 5) is 34.4. The van der Waals surface area contributed by atoms with Crippen LogP contribution in [0.3, 0.4) is 0 Å². The highest BCUT2D eigenvalue weighted by molar-refractivity contribution is 7.91. The van der Waals surface area contributed by atoms with Gasteiger partial charge in [-0.2, -0.15) is 0 Å². The maximum Gasteiger partial charge on any atom is 0.335 e. The first kappa shape index (κ1) is 17.8. The number of nitrogens with zero attached hydrogens (tertiary/aromatic N) is 2. The number of carbonyl (C=O) groups excluding carboxylic acids is 1. The highest BCUT2D eigenvalue weighted by Gasteiger charge is 2.25. The van der Waals surface area contributed by atoms with Gasteiger partial charge in [0.25, 0.3) is 0 Å². The number of carboxylic acids is 1. The largest absolute Gasteiger partial charge is 0.478 e. The van der Waals surface area contributed by atoms with Gasteiger partial charge in [-0.1, -0.05) is 0 Å². The highest BCUT2D eigenvalue weighted by Crippen LogP contribution is 2.28. The van der Waals surface area contributed by atoms with E-state index < -0.39 is 32.4 Å². The molecule has 0 atom stereocenters. The van der Waals surface area contributed by atoms with Gasteiger partial charge in [-0.05, 0) is 12.1 Å². The number of carbonyl (C=O) groups is 2. The number of sulfone groups is 1. The van der Waals surface area contributed by atoms with Crippen LogP contribution in [0.15, 0.2) is 18.2 Å². The van der Waals surface area contributed by atoms with Crippen molar-refractivity contribution in [2.75, 3.05) is 31.1 Å². The van der Waals surface area contributed by atoms with Gasteiger partial charge >= 0.3 is 17.6 Å². The molecule has 11 heteroatoms. The number of ether oxygens (including phenoxy) is 1. The van der Waals surface area contributed by atoms with E-state index in [4.69, 9.17) is 9.84 Å². The SMILES string of the molecule is O=C(CN1CCS(=O)(=O)CC1)Oc1ccc(C(=O)O)cc1[N+](=O)[O-]. The Morgan fingerprint density at radius 1 is 1.29 bits per heavy atom. The standard InChI is InChI=1S/C13H14N2O8S/c16-12(8-14-3-5-24(21,22)6-4-14)23-11-2-1-9(13(17)18)7-10(11)15(19)20/h1-2,7H,3-6,8H2,(H,17,18). The minimum absolute atomic E-state index is 0.0618. The monoisotopic (exact) mass is 358 g/mol. The molecule has 0 bridgehead atoms. The maximum atomic E-state index is 11.9. The molecule has 0 radical (unpaired) electrons. The van der Waals surface area contributed by atoms with Gasteiger partial charge in [-0.3, -0.25) is 19.8 Å². The molecule has 0 spiro atoms. The van der Waals surface area contributed by atoms with Gasteiger partial charge in [-0.25, -0.2) is 13.2 Å². The zero-order valence-corrected chi connectivity index (χ0v) is 13.2. The van der Waals surface area contributed by atoms with Gasteiger partial charge in [0.1, 0.15) is 0 Å². The molecule has 2 rings (SSSR count). The fourth-order valence-corrected chi connectivity index (χ4v) is 3.40. The molecular weight excluding hydrogens is 344 g/mol. The van der Waals surface area contributed by atoms with Crippen molar-refractivity contribution in [2.24, 2.45) is 0 Å². The molecule has 0 unspecified atom stereocenters. The molecule has 0 aromatic heterocycles. The number of aromatic carboxylic acids is 1. The number of esters is 1. The molecule has 1 aliphatic rings. The summed E-state index contributed by atoms with van der Waals surface area (Å²) in [7, 11) is -3.08. The van der Waals surface area contributed by atoms with Gasteiger partial charge < -0.3 is 9.84 Å². The molecule has 1 fully saturated rings. The van der Waals surface area contributed by atoms with E-state index in [0.717, 1.165) is 18.2 Å². The van der Waals surface area contributed by atoms with Crippen LogP contribution in [0.2, 0.25) is 0 Å². The lowest BCUT2D eigenvalue weighted by Crippen LogP contribution is -2.43. The Morgan fingerprint density at radius 3 is 2.46 bits per heavy atom. The predicted octanol–water partition coefficient (Wildman–Crippen LogP) is -0.0712. The number of carboxylic acid groups (broad SMARTS) is 1. The lowest BCUT2D eigenvalue weighted by atomic mass is 10.2. The Labute approximate surface area is 136 Å². The first-order valence-electron chi connectivity index (χ1n) is 6.83. The van der Waals surface area contributed by atoms with Gasteiger partial charge in [-0.15, -0.1) is 0 Å². The van der Waals surface area contributed by atoms with Gasteiger partial charge in [0.15, 0.2) is 9.84 Å². The molecule has 0 saturated carbocycles. The van der Waals surface area contributed by atoms with Crippen LogP contribution >= 0.6 is 0 Å². The molecule has 24 heavy (non-hydrogen) atoms. The van der Waals surface area contributed by atoms with Crippen LogP contribution in [0, 0.1) is 10.1 Å². The summed E-state index contributed by atoms with van der Waals surface area (Å²) in [6, 6.07) is 2.93. The van der Waals surface area contributed by atoms with E-state index in [1.165, 1.54) is 0 Å². The van der Waals surface area contributed by atoms with E-state index in [9.17, 15) is 28.1 Å². The van der Waals surface area contributed by atoms with Gasteiger partial charge in [0, 0.05) is 19.2 Å². The van der Waals surface area contributed by atoms with E-state index >= 15 is 0 Å². The fourth-order valence-electron chi connectivity index (χ4n) is 2.13. The quantitative estimate of drug-likeness (QED) is 0.331. The van der Waals surface area contributed by atoms with Crippen LogP contribution in [0.1, 0.15) is 10.4 Å². The molecule has 1 aliphatic heterocycles. The average molecular weight is 358 g/mol. The zero-order chi connectivity index (χ0) is 17.9. The summed E-state index contributed by atoms with van der Waals surface area (Å²) in [5.74, 6) is -2.62. The first-order chi connectivity index (χ1) is 11.2. The molecule has 1 saturated heterocycles. The molecule has 1 N–H and O–H groups in total. The van der Waals surface area contributed by atoms with E-state index in [2.05, 4.69) is 0 Å². The van der Waals surface area contributed by atoms with Crippen LogP contribution in [-0.2, 0) is 14.6 Å². The summed E-state index contributed by atoms with van der Waals surface area (Å²) < 4.78 is 27.6. The van der Waals surface area contributed by atoms with E-state index in [1.807, 2.05) is 0 Å². The summed E-state index contributed by atoms with van der Waals surface area (Å²) >= 11 is 0. The Hall–Kier alpha value is -2.53. The molecule has 1 aromatic rings. The normalized spacial score (nSPS) is 17.2. The molecule has 10 nitrogen and oxygen atoms in total. The first-order valence-corrected chi connectivity index (χ1v) is 8.65. The zero-order valence-electron chi connectivity index (χ0n) is 12.4. The number of benzene rings is 1. The highest BCUT2D eigenvalue weighted by atomic mass is 32.2. The van der Waals surface area contributed by atoms with Crippen LogP contribution in [0.5, 0.6) is 5.75 Å². The molecule has 1 heterocycles. The minimum Gasteiger partial charge on any atom is -0.478 e. The van der Waals surface area contributed by atoms with Crippen molar-refractivity contribution in [1.29, 1.82) is 0 Å².